The average Bonchev–Trinajstić information content (AvgIpc) is 3.08. The zero-order chi connectivity index (χ0) is 19.8. The minimum Gasteiger partial charge on any atom is -0.497 e. The predicted octanol–water partition coefficient (Wildman–Crippen LogP) is 4.65. The van der Waals surface area contributed by atoms with E-state index in [0.717, 1.165) is 41.1 Å². The molecule has 0 amide bonds. The van der Waals surface area contributed by atoms with E-state index in [1.807, 2.05) is 36.2 Å². The predicted molar refractivity (Wildman–Crippen MR) is 107 cm³/mol. The number of rotatable bonds is 4. The van der Waals surface area contributed by atoms with Crippen LogP contribution >= 0.6 is 0 Å². The summed E-state index contributed by atoms with van der Waals surface area (Å²) in [5.74, 6) is 0.687. The molecule has 0 saturated carbocycles. The number of fused-ring (bicyclic) bond motifs is 3. The highest BCUT2D eigenvalue weighted by molar-refractivity contribution is 6.06. The molecule has 0 spiro atoms. The van der Waals surface area contributed by atoms with Crippen LogP contribution in [-0.2, 0) is 11.2 Å². The van der Waals surface area contributed by atoms with Gasteiger partial charge in [-0.2, -0.15) is 5.10 Å². The van der Waals surface area contributed by atoms with Gasteiger partial charge in [-0.25, -0.2) is 4.39 Å². The first kappa shape index (κ1) is 18.4. The second-order valence-corrected chi connectivity index (χ2v) is 7.39. The van der Waals surface area contributed by atoms with Crippen LogP contribution in [0.3, 0.4) is 0 Å². The lowest BCUT2D eigenvalue weighted by Crippen LogP contribution is -2.28. The topological polar surface area (TPSA) is 41.9 Å². The van der Waals surface area contributed by atoms with Crippen LogP contribution in [0.15, 0.2) is 59.3 Å². The van der Waals surface area contributed by atoms with Crippen molar-refractivity contribution in [3.05, 3.63) is 76.7 Å². The normalized spacial score (nSPS) is 21.1. The number of ether oxygens (including phenoxy) is 1. The van der Waals surface area contributed by atoms with Crippen LogP contribution in [0.5, 0.6) is 5.75 Å². The van der Waals surface area contributed by atoms with Crippen molar-refractivity contribution in [1.29, 1.82) is 0 Å². The number of aryl methyl sites for hydroxylation is 1. The molecule has 144 valence electrons. The maximum Gasteiger partial charge on any atom is 0.154 e. The lowest BCUT2D eigenvalue weighted by Gasteiger charge is -2.31. The number of hydrazone groups is 1. The highest BCUT2D eigenvalue weighted by atomic mass is 19.1. The Labute approximate surface area is 164 Å². The van der Waals surface area contributed by atoms with E-state index in [1.165, 1.54) is 24.6 Å². The fourth-order valence-electron chi connectivity index (χ4n) is 4.26. The third-order valence-corrected chi connectivity index (χ3v) is 5.51. The van der Waals surface area contributed by atoms with Crippen LogP contribution in [0.25, 0.3) is 0 Å². The van der Waals surface area contributed by atoms with E-state index in [1.54, 1.807) is 13.2 Å². The highest BCUT2D eigenvalue weighted by Gasteiger charge is 2.42. The Bertz CT molecular complexity index is 979. The van der Waals surface area contributed by atoms with Crippen LogP contribution in [0.1, 0.15) is 43.0 Å². The molecule has 1 aliphatic carbocycles. The molecule has 2 aromatic carbocycles. The summed E-state index contributed by atoms with van der Waals surface area (Å²) in [6.07, 6.45) is 3.50. The molecular formula is C23H23FN2O2. The number of nitrogens with zero attached hydrogens (tertiary/aromatic N) is 2. The van der Waals surface area contributed by atoms with Gasteiger partial charge in [0.05, 0.1) is 18.9 Å². The molecule has 1 aliphatic heterocycles. The number of hydrogen-bond acceptors (Lipinski definition) is 4. The van der Waals surface area contributed by atoms with Crippen molar-refractivity contribution in [2.24, 2.45) is 11.0 Å². The molecule has 28 heavy (non-hydrogen) atoms. The summed E-state index contributed by atoms with van der Waals surface area (Å²) in [6, 6.07) is 12.6. The first-order chi connectivity index (χ1) is 13.5. The van der Waals surface area contributed by atoms with E-state index in [9.17, 15) is 9.18 Å². The summed E-state index contributed by atoms with van der Waals surface area (Å²) in [7, 11) is 1.66. The Morgan fingerprint density at radius 2 is 1.96 bits per heavy atom. The molecule has 2 atom stereocenters. The maximum absolute atomic E-state index is 13.5. The van der Waals surface area contributed by atoms with E-state index in [-0.39, 0.29) is 23.6 Å². The summed E-state index contributed by atoms with van der Waals surface area (Å²) in [5, 5.41) is 6.86. The van der Waals surface area contributed by atoms with Crippen LogP contribution in [-0.4, -0.2) is 23.6 Å². The molecule has 0 saturated heterocycles. The second-order valence-electron chi connectivity index (χ2n) is 7.39. The zero-order valence-electron chi connectivity index (χ0n) is 16.3. The molecule has 0 fully saturated rings. The van der Waals surface area contributed by atoms with Gasteiger partial charge in [-0.1, -0.05) is 18.2 Å². The van der Waals surface area contributed by atoms with Gasteiger partial charge in [0.15, 0.2) is 5.78 Å². The van der Waals surface area contributed by atoms with Gasteiger partial charge in [-0.05, 0) is 62.1 Å². The van der Waals surface area contributed by atoms with Gasteiger partial charge in [0, 0.05) is 23.3 Å². The van der Waals surface area contributed by atoms with Gasteiger partial charge < -0.3 is 4.74 Å². The first-order valence-corrected chi connectivity index (χ1v) is 9.47. The summed E-state index contributed by atoms with van der Waals surface area (Å²) in [6.45, 7) is 3.43. The van der Waals surface area contributed by atoms with Crippen molar-refractivity contribution in [3.8, 4) is 5.75 Å². The molecule has 0 unspecified atom stereocenters. The average molecular weight is 378 g/mol. The summed E-state index contributed by atoms with van der Waals surface area (Å²) in [5.41, 5.74) is 5.14. The number of methoxy groups -OCH3 is 1. The van der Waals surface area contributed by atoms with Crippen molar-refractivity contribution in [2.45, 2.75) is 32.7 Å². The first-order valence-electron chi connectivity index (χ1n) is 9.47. The molecule has 1 heterocycles. The molecule has 5 heteroatoms. The van der Waals surface area contributed by atoms with Gasteiger partial charge in [0.2, 0.25) is 0 Å². The van der Waals surface area contributed by atoms with Crippen molar-refractivity contribution < 1.29 is 13.9 Å². The van der Waals surface area contributed by atoms with Gasteiger partial charge in [-0.15, -0.1) is 0 Å². The minimum absolute atomic E-state index is 0.0208. The molecule has 4 rings (SSSR count). The highest BCUT2D eigenvalue weighted by Crippen LogP contribution is 2.45. The van der Waals surface area contributed by atoms with E-state index < -0.39 is 0 Å². The third kappa shape index (κ3) is 3.21. The van der Waals surface area contributed by atoms with E-state index in [4.69, 9.17) is 9.84 Å². The van der Waals surface area contributed by atoms with Crippen LogP contribution in [0.2, 0.25) is 0 Å². The molecule has 0 bridgehead atoms. The second kappa shape index (κ2) is 7.23. The molecule has 0 aromatic heterocycles. The van der Waals surface area contributed by atoms with Crippen molar-refractivity contribution >= 4 is 11.5 Å². The molecule has 4 nitrogen and oxygen atoms in total. The molecule has 0 N–H and O–H groups in total. The van der Waals surface area contributed by atoms with E-state index in [2.05, 4.69) is 6.07 Å². The zero-order valence-corrected chi connectivity index (χ0v) is 16.3. The number of carbonyl (C=O) groups excluding carboxylic acids is 1. The van der Waals surface area contributed by atoms with Gasteiger partial charge >= 0.3 is 0 Å². The summed E-state index contributed by atoms with van der Waals surface area (Å²) in [4.78, 5) is 11.7. The van der Waals surface area contributed by atoms with Crippen molar-refractivity contribution in [2.75, 3.05) is 7.11 Å². The number of ketones is 1. The van der Waals surface area contributed by atoms with Crippen LogP contribution in [0, 0.1) is 11.7 Å². The maximum atomic E-state index is 13.5. The largest absolute Gasteiger partial charge is 0.497 e. The fraction of sp³-hybridized carbons (Fsp3) is 0.304. The quantitative estimate of drug-likeness (QED) is 0.727. The molecule has 0 radical (unpaired) electrons. The van der Waals surface area contributed by atoms with Crippen LogP contribution < -0.4 is 4.74 Å². The molecular weight excluding hydrogens is 355 g/mol. The lowest BCUT2D eigenvalue weighted by atomic mass is 9.77. The Balaban J connectivity index is 1.83. The fourth-order valence-corrected chi connectivity index (χ4v) is 4.26. The SMILES string of the molecule is COc1ccc2c(c1)C1=NN(/C(C)=C/C(C)=O)[C@@H](c3ccc(F)cc3)[C@@H]1CC2. The smallest absolute Gasteiger partial charge is 0.154 e. The standard InChI is InChI=1S/C23H23FN2O2/c1-14(12-15(2)27)26-23(17-4-8-18(24)9-5-17)20-11-7-16-6-10-19(28-3)13-21(16)22(20)25-26/h4-6,8-10,12-13,20,23H,7,11H2,1-3H3/b14-12+/t20-,23+/m1/s1. The Morgan fingerprint density at radius 1 is 1.21 bits per heavy atom. The number of halogens is 1. The Morgan fingerprint density at radius 3 is 2.64 bits per heavy atom. The number of hydrogen-bond donors (Lipinski definition) is 0. The van der Waals surface area contributed by atoms with Gasteiger partial charge in [0.25, 0.3) is 0 Å². The Hall–Kier alpha value is -2.95. The number of allylic oxidation sites excluding steroid dienone is 2. The number of benzene rings is 2. The summed E-state index contributed by atoms with van der Waals surface area (Å²) >= 11 is 0. The number of carbonyl (C=O) groups is 1. The van der Waals surface area contributed by atoms with Crippen molar-refractivity contribution in [1.82, 2.24) is 5.01 Å². The van der Waals surface area contributed by atoms with E-state index in [0.29, 0.717) is 0 Å². The Kier molecular flexibility index (Phi) is 4.75. The third-order valence-electron chi connectivity index (χ3n) is 5.51. The summed E-state index contributed by atoms with van der Waals surface area (Å²) < 4.78 is 18.9. The van der Waals surface area contributed by atoms with Gasteiger partial charge in [0.1, 0.15) is 11.6 Å². The van der Waals surface area contributed by atoms with Crippen LogP contribution in [0.4, 0.5) is 4.39 Å². The lowest BCUT2D eigenvalue weighted by molar-refractivity contribution is -0.112. The van der Waals surface area contributed by atoms with Gasteiger partial charge in [-0.3, -0.25) is 9.80 Å². The molecule has 2 aromatic rings. The van der Waals surface area contributed by atoms with Crippen molar-refractivity contribution in [3.63, 3.8) is 0 Å². The monoisotopic (exact) mass is 378 g/mol. The molecule has 2 aliphatic rings. The minimum atomic E-state index is -0.260. The van der Waals surface area contributed by atoms with E-state index >= 15 is 0 Å².